The monoisotopic (exact) mass is 901 g/mol. The number of aromatic nitrogens is 1. The fourth-order valence-electron chi connectivity index (χ4n) is 7.33. The summed E-state index contributed by atoms with van der Waals surface area (Å²) in [5, 5.41) is 27.7. The zero-order valence-corrected chi connectivity index (χ0v) is 39.4. The number of imide groups is 1. The van der Waals surface area contributed by atoms with E-state index in [0.29, 0.717) is 17.0 Å². The van der Waals surface area contributed by atoms with Gasteiger partial charge in [0.2, 0.25) is 23.6 Å². The lowest BCUT2D eigenvalue weighted by molar-refractivity contribution is -0.148. The van der Waals surface area contributed by atoms with Gasteiger partial charge in [-0.25, -0.2) is 4.98 Å². The van der Waals surface area contributed by atoms with Crippen molar-refractivity contribution in [3.8, 4) is 5.75 Å². The van der Waals surface area contributed by atoms with Crippen LogP contribution in [-0.2, 0) is 39.9 Å². The molecule has 0 spiro atoms. The third kappa shape index (κ3) is 16.0. The van der Waals surface area contributed by atoms with Crippen LogP contribution in [-0.4, -0.2) is 103 Å². The maximum Gasteiger partial charge on any atom is 0.306 e. The summed E-state index contributed by atoms with van der Waals surface area (Å²) in [6.45, 7) is 15.1. The molecule has 2 heterocycles. The second-order valence-electron chi connectivity index (χ2n) is 17.0. The van der Waals surface area contributed by atoms with Crippen LogP contribution in [0.1, 0.15) is 147 Å². The lowest BCUT2D eigenvalue weighted by Gasteiger charge is -2.34. The molecular weight excluding hydrogens is 835 g/mol. The van der Waals surface area contributed by atoms with Gasteiger partial charge in [-0.05, 0) is 55.2 Å². The van der Waals surface area contributed by atoms with Crippen molar-refractivity contribution >= 4 is 70.3 Å². The molecule has 17 heteroatoms. The standard InChI is InChI=1S/C45H67N5O10S2/c1-10-12-14-29(7)62-38-24-41(55)50(44(38)57)18-13-15-39(53)47-33-22-31(16-17-36(33)52)21-32(20-28(6)45(58)59)46-42(56)34-25-61-43(48-34)37(60-30(8)51)23-35(26(3)4)49(9)40(54)19-27(5)11-2/h16-17,22,25-29,32,35,37-38,52H,10-15,18-21,23-24H2,1-9H3,(H,46,56)(H,47,53)(H,58,59)/t27-,28?,29?,32+,35?,37+,38?/m0/s1. The second-order valence-corrected chi connectivity index (χ2v) is 19.5. The van der Waals surface area contributed by atoms with E-state index >= 15 is 0 Å². The molecule has 15 nitrogen and oxygen atoms in total. The summed E-state index contributed by atoms with van der Waals surface area (Å²) >= 11 is 2.67. The first kappa shape index (κ1) is 51.8. The van der Waals surface area contributed by atoms with E-state index in [1.807, 2.05) is 27.7 Å². The number of aliphatic carboxylic acids is 1. The number of thioether (sulfide) groups is 1. The normalized spacial score (nSPS) is 16.9. The Morgan fingerprint density at radius 3 is 2.40 bits per heavy atom. The molecule has 1 aromatic carbocycles. The first-order chi connectivity index (χ1) is 29.2. The average molecular weight is 902 g/mol. The minimum absolute atomic E-state index is 0.00984. The molecule has 1 fully saturated rings. The van der Waals surface area contributed by atoms with Gasteiger partial charge >= 0.3 is 11.9 Å². The summed E-state index contributed by atoms with van der Waals surface area (Å²) in [5.41, 5.74) is 0.748. The van der Waals surface area contributed by atoms with Crippen molar-refractivity contribution in [2.45, 2.75) is 155 Å². The number of esters is 1. The Morgan fingerprint density at radius 2 is 1.77 bits per heavy atom. The number of likely N-dealkylation sites (tertiary alicyclic amines) is 1. The van der Waals surface area contributed by atoms with Gasteiger partial charge in [-0.3, -0.25) is 38.5 Å². The smallest absolute Gasteiger partial charge is 0.306 e. The van der Waals surface area contributed by atoms with Gasteiger partial charge in [-0.15, -0.1) is 23.1 Å². The molecule has 0 aliphatic carbocycles. The van der Waals surface area contributed by atoms with Crippen molar-refractivity contribution in [3.63, 3.8) is 0 Å². The molecule has 1 aliphatic rings. The number of hydrogen-bond acceptors (Lipinski definition) is 12. The number of unbranched alkanes of at least 4 members (excludes halogenated alkanes) is 1. The van der Waals surface area contributed by atoms with Crippen molar-refractivity contribution in [3.05, 3.63) is 39.8 Å². The van der Waals surface area contributed by atoms with E-state index < -0.39 is 47.1 Å². The number of carboxylic acids is 1. The Labute approximate surface area is 374 Å². The number of carboxylic acid groups (broad SMARTS) is 1. The minimum Gasteiger partial charge on any atom is -0.506 e. The number of phenols is 1. The van der Waals surface area contributed by atoms with Crippen LogP contribution in [0.3, 0.4) is 0 Å². The van der Waals surface area contributed by atoms with Crippen LogP contribution in [0.4, 0.5) is 5.69 Å². The van der Waals surface area contributed by atoms with Crippen LogP contribution in [0, 0.1) is 17.8 Å². The van der Waals surface area contributed by atoms with E-state index in [9.17, 15) is 43.8 Å². The second kappa shape index (κ2) is 25.0. The summed E-state index contributed by atoms with van der Waals surface area (Å²) in [6, 6.07) is 3.56. The molecular formula is C45H67N5O10S2. The van der Waals surface area contributed by atoms with Crippen LogP contribution < -0.4 is 10.6 Å². The fourth-order valence-corrected chi connectivity index (χ4v) is 9.51. The first-order valence-corrected chi connectivity index (χ1v) is 23.6. The number of rotatable bonds is 26. The average Bonchev–Trinajstić information content (AvgIpc) is 3.80. The number of ether oxygens (including phenoxy) is 1. The molecule has 7 atom stereocenters. The Hall–Kier alpha value is -4.51. The first-order valence-electron chi connectivity index (χ1n) is 21.8. The molecule has 0 bridgehead atoms. The van der Waals surface area contributed by atoms with Gasteiger partial charge in [-0.1, -0.05) is 73.8 Å². The van der Waals surface area contributed by atoms with Crippen molar-refractivity contribution in [2.24, 2.45) is 17.8 Å². The third-order valence-electron chi connectivity index (χ3n) is 11.2. The van der Waals surface area contributed by atoms with Gasteiger partial charge in [0.15, 0.2) is 6.10 Å². The number of phenolic OH excluding ortho intramolecular Hbond substituents is 1. The summed E-state index contributed by atoms with van der Waals surface area (Å²) in [5.74, 6) is -3.88. The zero-order chi connectivity index (χ0) is 46.3. The predicted octanol–water partition coefficient (Wildman–Crippen LogP) is 7.37. The molecule has 5 amide bonds. The number of amides is 5. The molecule has 0 saturated carbocycles. The summed E-state index contributed by atoms with van der Waals surface area (Å²) < 4.78 is 5.70. The number of nitrogens with one attached hydrogen (secondary N) is 2. The highest BCUT2D eigenvalue weighted by atomic mass is 32.2. The van der Waals surface area contributed by atoms with E-state index in [0.717, 1.165) is 37.0 Å². The molecule has 1 aromatic heterocycles. The SMILES string of the molecule is CCCCC(C)SC1CC(=O)N(CCCC(=O)Nc2cc(C[C@@H](CC(C)C(=O)O)NC(=O)c3csc([C@@H](CC(C(C)C)N(C)C(=O)C[C@@H](C)CC)OC(C)=O)n3)ccc2O)C1=O. The number of benzene rings is 1. The number of aromatic hydroxyl groups is 1. The Bertz CT molecular complexity index is 1870. The molecule has 3 rings (SSSR count). The summed E-state index contributed by atoms with van der Waals surface area (Å²) in [6.07, 6.45) is 4.35. The highest BCUT2D eigenvalue weighted by Crippen LogP contribution is 2.33. The Balaban J connectivity index is 1.70. The van der Waals surface area contributed by atoms with E-state index in [2.05, 4.69) is 29.5 Å². The molecule has 62 heavy (non-hydrogen) atoms. The number of carbonyl (C=O) groups is 7. The van der Waals surface area contributed by atoms with Crippen LogP contribution in [0.15, 0.2) is 23.6 Å². The fraction of sp³-hybridized carbons (Fsp3) is 0.644. The molecule has 1 aliphatic heterocycles. The van der Waals surface area contributed by atoms with E-state index in [1.54, 1.807) is 24.1 Å². The summed E-state index contributed by atoms with van der Waals surface area (Å²) in [7, 11) is 1.75. The highest BCUT2D eigenvalue weighted by Gasteiger charge is 2.39. The highest BCUT2D eigenvalue weighted by molar-refractivity contribution is 8.01. The van der Waals surface area contributed by atoms with Gasteiger partial charge in [0.1, 0.15) is 16.5 Å². The third-order valence-corrected chi connectivity index (χ3v) is 13.6. The van der Waals surface area contributed by atoms with Gasteiger partial charge in [0.05, 0.1) is 16.9 Å². The van der Waals surface area contributed by atoms with Gasteiger partial charge < -0.3 is 30.5 Å². The van der Waals surface area contributed by atoms with Crippen LogP contribution in [0.25, 0.3) is 0 Å². The number of hydrogen-bond donors (Lipinski definition) is 4. The quantitative estimate of drug-likeness (QED) is 0.0414. The number of carbonyl (C=O) groups excluding carboxylic acids is 6. The van der Waals surface area contributed by atoms with Gasteiger partial charge in [0, 0.05) is 68.9 Å². The largest absolute Gasteiger partial charge is 0.506 e. The number of anilines is 1. The lowest BCUT2D eigenvalue weighted by Crippen LogP contribution is -2.42. The molecule has 0 radical (unpaired) electrons. The van der Waals surface area contributed by atoms with E-state index in [-0.39, 0.29) is 103 Å². The molecule has 1 saturated heterocycles. The van der Waals surface area contributed by atoms with Crippen molar-refractivity contribution < 1.29 is 48.5 Å². The topological polar surface area (TPSA) is 213 Å². The molecule has 2 aromatic rings. The van der Waals surface area contributed by atoms with Crippen molar-refractivity contribution in [1.82, 2.24) is 20.1 Å². The van der Waals surface area contributed by atoms with Crippen LogP contribution >= 0.6 is 23.1 Å². The van der Waals surface area contributed by atoms with Gasteiger partial charge in [-0.2, -0.15) is 0 Å². The van der Waals surface area contributed by atoms with Crippen molar-refractivity contribution in [1.29, 1.82) is 0 Å². The van der Waals surface area contributed by atoms with Crippen LogP contribution in [0.5, 0.6) is 5.75 Å². The zero-order valence-electron chi connectivity index (χ0n) is 37.7. The van der Waals surface area contributed by atoms with Gasteiger partial charge in [0.25, 0.3) is 5.91 Å². The minimum atomic E-state index is -1.05. The Morgan fingerprint density at radius 1 is 1.06 bits per heavy atom. The maximum absolute atomic E-state index is 13.7. The predicted molar refractivity (Wildman–Crippen MR) is 241 cm³/mol. The van der Waals surface area contributed by atoms with Crippen LogP contribution in [0.2, 0.25) is 0 Å². The molecule has 344 valence electrons. The molecule has 4 N–H and O–H groups in total. The van der Waals surface area contributed by atoms with Crippen molar-refractivity contribution in [2.75, 3.05) is 18.9 Å². The summed E-state index contributed by atoms with van der Waals surface area (Å²) in [4.78, 5) is 97.1. The van der Waals surface area contributed by atoms with E-state index in [1.165, 1.54) is 42.0 Å². The maximum atomic E-state index is 13.7. The lowest BCUT2D eigenvalue weighted by atomic mass is 9.95. The van der Waals surface area contributed by atoms with E-state index in [4.69, 9.17) is 4.74 Å². The molecule has 4 unspecified atom stereocenters. The number of thiazole rings is 1. The Kier molecular flexibility index (Phi) is 20.9. The number of nitrogens with zero attached hydrogens (tertiary/aromatic N) is 3.